The summed E-state index contributed by atoms with van der Waals surface area (Å²) in [6.07, 6.45) is 2.37. The standard InChI is InChI=1S/C20H24N2O/c1-2-6-20(23)22-13-17-10-9-16(12-18(17)14-22)19(21)11-15-7-4-3-5-8-15/h3-5,7-10,12,19H,2,6,11,13-14,21H2,1H3. The summed E-state index contributed by atoms with van der Waals surface area (Å²) in [7, 11) is 0. The highest BCUT2D eigenvalue weighted by Gasteiger charge is 2.23. The maximum absolute atomic E-state index is 12.1. The molecule has 2 aromatic carbocycles. The summed E-state index contributed by atoms with van der Waals surface area (Å²) in [5.74, 6) is 0.249. The molecule has 0 fully saturated rings. The first-order valence-corrected chi connectivity index (χ1v) is 8.36. The van der Waals surface area contributed by atoms with Crippen LogP contribution in [-0.2, 0) is 24.3 Å². The van der Waals surface area contributed by atoms with E-state index in [2.05, 4.69) is 30.3 Å². The number of fused-ring (bicyclic) bond motifs is 1. The first kappa shape index (κ1) is 15.8. The zero-order valence-corrected chi connectivity index (χ0v) is 13.7. The molecule has 2 N–H and O–H groups in total. The van der Waals surface area contributed by atoms with E-state index < -0.39 is 0 Å². The topological polar surface area (TPSA) is 46.3 Å². The average molecular weight is 308 g/mol. The fourth-order valence-corrected chi connectivity index (χ4v) is 3.18. The molecule has 1 amide bonds. The number of nitrogens with zero attached hydrogens (tertiary/aromatic N) is 1. The van der Waals surface area contributed by atoms with Gasteiger partial charge in [0.2, 0.25) is 5.91 Å². The van der Waals surface area contributed by atoms with Gasteiger partial charge >= 0.3 is 0 Å². The summed E-state index contributed by atoms with van der Waals surface area (Å²) in [4.78, 5) is 14.0. The molecule has 0 aliphatic carbocycles. The van der Waals surface area contributed by atoms with Gasteiger partial charge in [0.25, 0.3) is 0 Å². The number of hydrogen-bond acceptors (Lipinski definition) is 2. The molecule has 1 aliphatic heterocycles. The maximum atomic E-state index is 12.1. The summed E-state index contributed by atoms with van der Waals surface area (Å²) in [5.41, 5.74) is 11.3. The van der Waals surface area contributed by atoms with Gasteiger partial charge in [-0.3, -0.25) is 4.79 Å². The van der Waals surface area contributed by atoms with Crippen molar-refractivity contribution in [2.75, 3.05) is 0 Å². The van der Waals surface area contributed by atoms with Gasteiger partial charge in [-0.25, -0.2) is 0 Å². The van der Waals surface area contributed by atoms with Gasteiger partial charge in [0, 0.05) is 25.6 Å². The normalized spacial score (nSPS) is 14.6. The number of nitrogens with two attached hydrogens (primary N) is 1. The van der Waals surface area contributed by atoms with E-state index >= 15 is 0 Å². The molecule has 0 spiro atoms. The fraction of sp³-hybridized carbons (Fsp3) is 0.350. The van der Waals surface area contributed by atoms with Crippen molar-refractivity contribution in [3.63, 3.8) is 0 Å². The summed E-state index contributed by atoms with van der Waals surface area (Å²) in [6.45, 7) is 3.50. The van der Waals surface area contributed by atoms with Gasteiger partial charge < -0.3 is 10.6 Å². The third kappa shape index (κ3) is 3.62. The molecular weight excluding hydrogens is 284 g/mol. The second-order valence-corrected chi connectivity index (χ2v) is 6.32. The second kappa shape index (κ2) is 6.97. The van der Waals surface area contributed by atoms with Gasteiger partial charge in [0.15, 0.2) is 0 Å². The molecule has 3 heteroatoms. The van der Waals surface area contributed by atoms with E-state index in [1.54, 1.807) is 0 Å². The fourth-order valence-electron chi connectivity index (χ4n) is 3.18. The maximum Gasteiger partial charge on any atom is 0.223 e. The minimum atomic E-state index is -0.0110. The molecule has 2 aromatic rings. The first-order chi connectivity index (χ1) is 11.2. The smallest absolute Gasteiger partial charge is 0.223 e. The summed E-state index contributed by atoms with van der Waals surface area (Å²) in [5, 5.41) is 0. The molecule has 120 valence electrons. The summed E-state index contributed by atoms with van der Waals surface area (Å²) in [6, 6.07) is 16.7. The second-order valence-electron chi connectivity index (χ2n) is 6.32. The van der Waals surface area contributed by atoms with Crippen molar-refractivity contribution in [2.24, 2.45) is 5.73 Å². The van der Waals surface area contributed by atoms with E-state index in [9.17, 15) is 4.79 Å². The molecule has 0 bridgehead atoms. The van der Waals surface area contributed by atoms with E-state index in [4.69, 9.17) is 5.73 Å². The molecule has 1 unspecified atom stereocenters. The van der Waals surface area contributed by atoms with E-state index in [0.717, 1.165) is 31.5 Å². The molecule has 3 rings (SSSR count). The van der Waals surface area contributed by atoms with E-state index in [1.165, 1.54) is 16.7 Å². The Hall–Kier alpha value is -2.13. The Morgan fingerprint density at radius 2 is 1.87 bits per heavy atom. The number of carbonyl (C=O) groups is 1. The van der Waals surface area contributed by atoms with Crippen LogP contribution in [0.2, 0.25) is 0 Å². The number of rotatable bonds is 5. The van der Waals surface area contributed by atoms with Crippen molar-refractivity contribution in [3.8, 4) is 0 Å². The van der Waals surface area contributed by atoms with Gasteiger partial charge in [-0.1, -0.05) is 55.5 Å². The molecule has 1 heterocycles. The Morgan fingerprint density at radius 3 is 2.61 bits per heavy atom. The van der Waals surface area contributed by atoms with Gasteiger partial charge in [-0.05, 0) is 35.1 Å². The Kier molecular flexibility index (Phi) is 4.77. The Balaban J connectivity index is 1.70. The molecule has 23 heavy (non-hydrogen) atoms. The van der Waals surface area contributed by atoms with Gasteiger partial charge in [-0.15, -0.1) is 0 Å². The lowest BCUT2D eigenvalue weighted by atomic mass is 9.97. The number of hydrogen-bond donors (Lipinski definition) is 1. The van der Waals surface area contributed by atoms with Crippen molar-refractivity contribution < 1.29 is 4.79 Å². The van der Waals surface area contributed by atoms with Crippen LogP contribution in [0.4, 0.5) is 0 Å². The molecule has 0 radical (unpaired) electrons. The number of benzene rings is 2. The van der Waals surface area contributed by atoms with Crippen molar-refractivity contribution in [3.05, 3.63) is 70.8 Å². The third-order valence-corrected chi connectivity index (χ3v) is 4.50. The van der Waals surface area contributed by atoms with Crippen molar-refractivity contribution >= 4 is 5.91 Å². The number of carbonyl (C=O) groups excluding carboxylic acids is 1. The number of amides is 1. The van der Waals surface area contributed by atoms with E-state index in [1.807, 2.05) is 30.0 Å². The van der Waals surface area contributed by atoms with Gasteiger partial charge in [0.1, 0.15) is 0 Å². The molecule has 0 saturated heterocycles. The third-order valence-electron chi connectivity index (χ3n) is 4.50. The van der Waals surface area contributed by atoms with Crippen LogP contribution >= 0.6 is 0 Å². The molecule has 3 nitrogen and oxygen atoms in total. The van der Waals surface area contributed by atoms with Crippen LogP contribution in [0, 0.1) is 0 Å². The zero-order valence-electron chi connectivity index (χ0n) is 13.7. The summed E-state index contributed by atoms with van der Waals surface area (Å²) >= 11 is 0. The Bertz CT molecular complexity index is 681. The van der Waals surface area contributed by atoms with Gasteiger partial charge in [0.05, 0.1) is 0 Å². The lowest BCUT2D eigenvalue weighted by molar-refractivity contribution is -0.131. The van der Waals surface area contributed by atoms with Crippen molar-refractivity contribution in [1.29, 1.82) is 0 Å². The van der Waals surface area contributed by atoms with Crippen LogP contribution in [-0.4, -0.2) is 10.8 Å². The zero-order chi connectivity index (χ0) is 16.2. The van der Waals surface area contributed by atoms with Crippen LogP contribution in [0.25, 0.3) is 0 Å². The van der Waals surface area contributed by atoms with Crippen LogP contribution in [0.1, 0.15) is 48.1 Å². The van der Waals surface area contributed by atoms with Gasteiger partial charge in [-0.2, -0.15) is 0 Å². The predicted octanol–water partition coefficient (Wildman–Crippen LogP) is 3.57. The Labute approximate surface area is 138 Å². The van der Waals surface area contributed by atoms with Crippen LogP contribution in [0.5, 0.6) is 0 Å². The molecular formula is C20H24N2O. The lowest BCUT2D eigenvalue weighted by Crippen LogP contribution is -2.24. The minimum absolute atomic E-state index is 0.0110. The summed E-state index contributed by atoms with van der Waals surface area (Å²) < 4.78 is 0. The largest absolute Gasteiger partial charge is 0.334 e. The van der Waals surface area contributed by atoms with Crippen LogP contribution < -0.4 is 5.73 Å². The molecule has 0 saturated carbocycles. The minimum Gasteiger partial charge on any atom is -0.334 e. The highest BCUT2D eigenvalue weighted by molar-refractivity contribution is 5.76. The Morgan fingerprint density at radius 1 is 1.13 bits per heavy atom. The SMILES string of the molecule is CCCC(=O)N1Cc2ccc(C(N)Cc3ccccc3)cc2C1. The molecule has 0 aromatic heterocycles. The van der Waals surface area contributed by atoms with E-state index in [0.29, 0.717) is 6.42 Å². The first-order valence-electron chi connectivity index (χ1n) is 8.36. The molecule has 1 aliphatic rings. The predicted molar refractivity (Wildman–Crippen MR) is 92.7 cm³/mol. The van der Waals surface area contributed by atoms with Crippen molar-refractivity contribution in [1.82, 2.24) is 4.90 Å². The highest BCUT2D eigenvalue weighted by atomic mass is 16.2. The van der Waals surface area contributed by atoms with Crippen molar-refractivity contribution in [2.45, 2.75) is 45.3 Å². The quantitative estimate of drug-likeness (QED) is 0.918. The average Bonchev–Trinajstić information content (AvgIpc) is 2.99. The lowest BCUT2D eigenvalue weighted by Gasteiger charge is -2.14. The van der Waals surface area contributed by atoms with E-state index in [-0.39, 0.29) is 11.9 Å². The molecule has 1 atom stereocenters. The van der Waals surface area contributed by atoms with Crippen LogP contribution in [0.15, 0.2) is 48.5 Å². The highest BCUT2D eigenvalue weighted by Crippen LogP contribution is 2.27. The van der Waals surface area contributed by atoms with Crippen LogP contribution in [0.3, 0.4) is 0 Å². The monoisotopic (exact) mass is 308 g/mol.